The Morgan fingerprint density at radius 2 is 1.67 bits per heavy atom. The summed E-state index contributed by atoms with van der Waals surface area (Å²) in [6.07, 6.45) is 0. The van der Waals surface area contributed by atoms with Gasteiger partial charge in [0.1, 0.15) is 10.6 Å². The molecule has 0 saturated carbocycles. The van der Waals surface area contributed by atoms with Gasteiger partial charge in [0, 0.05) is 5.39 Å². The Hall–Kier alpha value is -1.59. The van der Waals surface area contributed by atoms with Crippen molar-refractivity contribution < 1.29 is 18.1 Å². The van der Waals surface area contributed by atoms with Crippen LogP contribution in [-0.4, -0.2) is 18.1 Å². The minimum Gasteiger partial charge on any atom is -0.506 e. The molecule has 2 aromatic rings. The highest BCUT2D eigenvalue weighted by Crippen LogP contribution is 2.31. The summed E-state index contributed by atoms with van der Waals surface area (Å²) in [5.74, 6) is -0.421. The maximum absolute atomic E-state index is 10.9. The van der Waals surface area contributed by atoms with Gasteiger partial charge in [-0.05, 0) is 11.5 Å². The second-order valence-electron chi connectivity index (χ2n) is 3.11. The molecule has 0 aliphatic heterocycles. The molecule has 2 rings (SSSR count). The molecule has 2 aromatic carbocycles. The van der Waals surface area contributed by atoms with Gasteiger partial charge in [-0.15, -0.1) is 0 Å². The van der Waals surface area contributed by atoms with Gasteiger partial charge in [0.25, 0.3) is 10.1 Å². The summed E-state index contributed by atoms with van der Waals surface area (Å²) in [4.78, 5) is -0.471. The quantitative estimate of drug-likeness (QED) is 0.724. The third kappa shape index (κ3) is 1.67. The molecule has 15 heavy (non-hydrogen) atoms. The van der Waals surface area contributed by atoms with Crippen molar-refractivity contribution in [1.29, 1.82) is 0 Å². The van der Waals surface area contributed by atoms with Crippen LogP contribution in [0.2, 0.25) is 0 Å². The fourth-order valence-electron chi connectivity index (χ4n) is 1.44. The number of hydrogen-bond donors (Lipinski definition) is 2. The third-order valence-electron chi connectivity index (χ3n) is 2.14. The Kier molecular flexibility index (Phi) is 2.13. The predicted molar refractivity (Wildman–Crippen MR) is 55.4 cm³/mol. The van der Waals surface area contributed by atoms with Gasteiger partial charge in [-0.25, -0.2) is 0 Å². The van der Waals surface area contributed by atoms with Crippen molar-refractivity contribution in [2.75, 3.05) is 0 Å². The van der Waals surface area contributed by atoms with E-state index in [-0.39, 0.29) is 0 Å². The Labute approximate surface area is 86.5 Å². The van der Waals surface area contributed by atoms with E-state index < -0.39 is 20.8 Å². The summed E-state index contributed by atoms with van der Waals surface area (Å²) >= 11 is 0. The molecule has 5 heteroatoms. The minimum absolute atomic E-state index is 0.396. The van der Waals surface area contributed by atoms with E-state index in [1.807, 2.05) is 0 Å². The van der Waals surface area contributed by atoms with Crippen LogP contribution in [-0.2, 0) is 10.1 Å². The van der Waals surface area contributed by atoms with Gasteiger partial charge >= 0.3 is 0 Å². The maximum atomic E-state index is 10.9. The first kappa shape index (κ1) is 9.95. The molecule has 4 nitrogen and oxygen atoms in total. The van der Waals surface area contributed by atoms with E-state index in [2.05, 4.69) is 0 Å². The van der Waals surface area contributed by atoms with E-state index in [1.54, 1.807) is 24.3 Å². The summed E-state index contributed by atoms with van der Waals surface area (Å²) in [6.45, 7) is 0. The van der Waals surface area contributed by atoms with Gasteiger partial charge in [0.2, 0.25) is 0 Å². The highest BCUT2D eigenvalue weighted by Gasteiger charge is 2.16. The zero-order chi connectivity index (χ0) is 11.1. The molecule has 0 radical (unpaired) electrons. The average Bonchev–Trinajstić information content (AvgIpc) is 2.16. The highest BCUT2D eigenvalue weighted by atomic mass is 32.2. The number of hydrogen-bond acceptors (Lipinski definition) is 3. The smallest absolute Gasteiger partial charge is 0.298 e. The molecule has 0 saturated heterocycles. The van der Waals surface area contributed by atoms with Crippen molar-refractivity contribution in [1.82, 2.24) is 0 Å². The van der Waals surface area contributed by atoms with Crippen molar-refractivity contribution in [3.8, 4) is 5.75 Å². The van der Waals surface area contributed by atoms with E-state index in [1.165, 1.54) is 12.1 Å². The monoisotopic (exact) mass is 224 g/mol. The molecule has 0 aliphatic carbocycles. The predicted octanol–water partition coefficient (Wildman–Crippen LogP) is 1.79. The normalized spacial score (nSPS) is 11.8. The van der Waals surface area contributed by atoms with Crippen LogP contribution in [0, 0.1) is 0 Å². The first-order valence-electron chi connectivity index (χ1n) is 4.18. The standard InChI is InChI=1S/C10H8O4S/c11-10-8-4-2-1-3-7(8)5-6-9(10)15(12,13)14/h1-6,11H,(H,12,13,14). The third-order valence-corrected chi connectivity index (χ3v) is 3.03. The molecule has 2 N–H and O–H groups in total. The molecule has 0 amide bonds. The van der Waals surface area contributed by atoms with Crippen molar-refractivity contribution in [2.24, 2.45) is 0 Å². The van der Waals surface area contributed by atoms with Gasteiger partial charge in [-0.1, -0.05) is 30.3 Å². The summed E-state index contributed by atoms with van der Waals surface area (Å²) in [7, 11) is -4.37. The summed E-state index contributed by atoms with van der Waals surface area (Å²) in [5, 5.41) is 10.8. The molecule has 0 bridgehead atoms. The summed E-state index contributed by atoms with van der Waals surface area (Å²) < 4.78 is 30.6. The largest absolute Gasteiger partial charge is 0.506 e. The minimum atomic E-state index is -4.37. The van der Waals surface area contributed by atoms with Crippen LogP contribution < -0.4 is 0 Å². The Morgan fingerprint density at radius 1 is 1.00 bits per heavy atom. The molecule has 0 aliphatic rings. The molecule has 78 valence electrons. The maximum Gasteiger partial charge on any atom is 0.298 e. The van der Waals surface area contributed by atoms with E-state index in [9.17, 15) is 13.5 Å². The van der Waals surface area contributed by atoms with Gasteiger partial charge in [0.15, 0.2) is 0 Å². The lowest BCUT2D eigenvalue weighted by atomic mass is 10.1. The molecule has 0 unspecified atom stereocenters. The number of phenolic OH excluding ortho intramolecular Hbond substituents is 1. The molecule has 0 fully saturated rings. The Bertz CT molecular complexity index is 616. The lowest BCUT2D eigenvalue weighted by Gasteiger charge is -2.04. The molecule has 0 aromatic heterocycles. The van der Waals surface area contributed by atoms with Crippen LogP contribution in [0.25, 0.3) is 10.8 Å². The van der Waals surface area contributed by atoms with Crippen molar-refractivity contribution in [3.63, 3.8) is 0 Å². The summed E-state index contributed by atoms with van der Waals surface area (Å²) in [6, 6.07) is 9.47. The van der Waals surface area contributed by atoms with Gasteiger partial charge < -0.3 is 5.11 Å². The van der Waals surface area contributed by atoms with Crippen LogP contribution in [0.4, 0.5) is 0 Å². The molecular weight excluding hydrogens is 216 g/mol. The number of rotatable bonds is 1. The van der Waals surface area contributed by atoms with Crippen molar-refractivity contribution in [3.05, 3.63) is 36.4 Å². The van der Waals surface area contributed by atoms with E-state index >= 15 is 0 Å². The Balaban J connectivity index is 2.88. The number of phenols is 1. The summed E-state index contributed by atoms with van der Waals surface area (Å²) in [5.41, 5.74) is 0. The van der Waals surface area contributed by atoms with E-state index in [0.717, 1.165) is 0 Å². The van der Waals surface area contributed by atoms with E-state index in [4.69, 9.17) is 4.55 Å². The van der Waals surface area contributed by atoms with Gasteiger partial charge in [-0.2, -0.15) is 8.42 Å². The van der Waals surface area contributed by atoms with Crippen LogP contribution >= 0.6 is 0 Å². The number of aromatic hydroxyl groups is 1. The second kappa shape index (κ2) is 3.22. The first-order chi connectivity index (χ1) is 7.00. The number of fused-ring (bicyclic) bond motifs is 1. The first-order valence-corrected chi connectivity index (χ1v) is 5.62. The van der Waals surface area contributed by atoms with E-state index in [0.29, 0.717) is 10.8 Å². The zero-order valence-corrected chi connectivity index (χ0v) is 8.40. The zero-order valence-electron chi connectivity index (χ0n) is 7.58. The second-order valence-corrected chi connectivity index (χ2v) is 4.50. The molecule has 0 atom stereocenters. The average molecular weight is 224 g/mol. The van der Waals surface area contributed by atoms with Crippen LogP contribution in [0.3, 0.4) is 0 Å². The van der Waals surface area contributed by atoms with Crippen LogP contribution in [0.5, 0.6) is 5.75 Å². The van der Waals surface area contributed by atoms with Crippen molar-refractivity contribution >= 4 is 20.9 Å². The Morgan fingerprint density at radius 3 is 2.33 bits per heavy atom. The lowest BCUT2D eigenvalue weighted by Crippen LogP contribution is -1.98. The SMILES string of the molecule is O=S(=O)(O)c1ccc2ccccc2c1O. The molecule has 0 spiro atoms. The number of benzene rings is 2. The van der Waals surface area contributed by atoms with Gasteiger partial charge in [0.05, 0.1) is 0 Å². The molecule has 0 heterocycles. The van der Waals surface area contributed by atoms with Crippen LogP contribution in [0.15, 0.2) is 41.3 Å². The van der Waals surface area contributed by atoms with Gasteiger partial charge in [-0.3, -0.25) is 4.55 Å². The highest BCUT2D eigenvalue weighted by molar-refractivity contribution is 7.86. The van der Waals surface area contributed by atoms with Crippen molar-refractivity contribution in [2.45, 2.75) is 4.90 Å². The molecular formula is C10H8O4S. The topological polar surface area (TPSA) is 74.6 Å². The fraction of sp³-hybridized carbons (Fsp3) is 0. The lowest BCUT2D eigenvalue weighted by molar-refractivity contribution is 0.448. The van der Waals surface area contributed by atoms with Crippen LogP contribution in [0.1, 0.15) is 0 Å². The fourth-order valence-corrected chi connectivity index (χ4v) is 2.04.